The summed E-state index contributed by atoms with van der Waals surface area (Å²) in [4.78, 5) is 0. The Morgan fingerprint density at radius 2 is 2.10 bits per heavy atom. The number of rotatable bonds is 1. The minimum absolute atomic E-state index is 0.395. The van der Waals surface area contributed by atoms with Gasteiger partial charge < -0.3 is 0 Å². The van der Waals surface area contributed by atoms with Gasteiger partial charge in [-0.3, -0.25) is 0 Å². The lowest BCUT2D eigenvalue weighted by Gasteiger charge is -2.11. The van der Waals surface area contributed by atoms with Gasteiger partial charge in [0.1, 0.15) is 0 Å². The minimum Gasteiger partial charge on any atom is -0.195 e. The quantitative estimate of drug-likeness (QED) is 0.548. The Hall–Kier alpha value is -0.370. The van der Waals surface area contributed by atoms with Crippen molar-refractivity contribution in [3.63, 3.8) is 0 Å². The van der Waals surface area contributed by atoms with Gasteiger partial charge in [0.25, 0.3) is 0 Å². The van der Waals surface area contributed by atoms with E-state index in [9.17, 15) is 0 Å². The van der Waals surface area contributed by atoms with Crippen LogP contribution in [0.25, 0.3) is 0 Å². The van der Waals surface area contributed by atoms with Crippen LogP contribution in [-0.4, -0.2) is 0 Å². The molecule has 0 unspecified atom stereocenters. The van der Waals surface area contributed by atoms with Crippen LogP contribution in [0.3, 0.4) is 0 Å². The smallest absolute Gasteiger partial charge is 0.195 e. The summed E-state index contributed by atoms with van der Waals surface area (Å²) in [5, 5.41) is 2.10. The van der Waals surface area contributed by atoms with Crippen molar-refractivity contribution in [3.05, 3.63) is 17.1 Å². The fourth-order valence-electron chi connectivity index (χ4n) is 0.899. The van der Waals surface area contributed by atoms with E-state index in [1.807, 2.05) is 0 Å². The first-order chi connectivity index (χ1) is 4.58. The van der Waals surface area contributed by atoms with Crippen LogP contribution in [0, 0.1) is 5.41 Å². The van der Waals surface area contributed by atoms with Gasteiger partial charge in [-0.25, -0.2) is 0 Å². The van der Waals surface area contributed by atoms with Crippen LogP contribution in [0.5, 0.6) is 0 Å². The summed E-state index contributed by atoms with van der Waals surface area (Å²) in [5.74, 6) is 0. The van der Waals surface area contributed by atoms with Crippen molar-refractivity contribution in [2.24, 2.45) is 5.41 Å². The number of aromatic nitrogens is 1. The van der Waals surface area contributed by atoms with Gasteiger partial charge in [-0.15, -0.1) is 0 Å². The van der Waals surface area contributed by atoms with Gasteiger partial charge in [-0.05, 0) is 0 Å². The zero-order valence-electron chi connectivity index (χ0n) is 6.79. The lowest BCUT2D eigenvalue weighted by atomic mass is 9.97. The molecule has 0 radical (unpaired) electrons. The van der Waals surface area contributed by atoms with Gasteiger partial charge in [0.05, 0.1) is 5.38 Å². The molecular weight excluding hydrogens is 142 g/mol. The molecular formula is C8H14NS+. The molecule has 56 valence electrons. The predicted molar refractivity (Wildman–Crippen MR) is 44.0 cm³/mol. The summed E-state index contributed by atoms with van der Waals surface area (Å²) in [5.41, 5.74) is 2.54. The van der Waals surface area contributed by atoms with Crippen LogP contribution in [0.4, 0.5) is 0 Å². The van der Waals surface area contributed by atoms with Crippen LogP contribution >= 0.6 is 11.3 Å². The lowest BCUT2D eigenvalue weighted by Crippen LogP contribution is -2.37. The molecule has 0 saturated heterocycles. The molecule has 1 aromatic heterocycles. The maximum Gasteiger partial charge on any atom is 0.224 e. The highest BCUT2D eigenvalue weighted by Crippen LogP contribution is 2.12. The van der Waals surface area contributed by atoms with Crippen molar-refractivity contribution < 1.29 is 4.57 Å². The third-order valence-corrected chi connectivity index (χ3v) is 1.86. The molecule has 1 aromatic rings. The largest absolute Gasteiger partial charge is 0.224 e. The summed E-state index contributed by atoms with van der Waals surface area (Å²) in [6, 6.07) is 0. The van der Waals surface area contributed by atoms with Crippen LogP contribution in [0.2, 0.25) is 0 Å². The molecule has 2 heteroatoms. The highest BCUT2D eigenvalue weighted by Gasteiger charge is 2.16. The molecule has 10 heavy (non-hydrogen) atoms. The molecule has 0 fully saturated rings. The Balaban J connectivity index is 2.57. The van der Waals surface area contributed by atoms with Crippen molar-refractivity contribution in [2.75, 3.05) is 0 Å². The van der Waals surface area contributed by atoms with Crippen LogP contribution in [0.15, 0.2) is 17.1 Å². The molecule has 1 rings (SSSR count). The van der Waals surface area contributed by atoms with Gasteiger partial charge in [-0.1, -0.05) is 32.1 Å². The highest BCUT2D eigenvalue weighted by atomic mass is 32.1. The van der Waals surface area contributed by atoms with Gasteiger partial charge in [0, 0.05) is 5.41 Å². The minimum atomic E-state index is 0.395. The fraction of sp³-hybridized carbons (Fsp3) is 0.625. The second-order valence-corrected chi connectivity index (χ2v) is 4.51. The molecule has 0 amide bonds. The number of thiazole rings is 1. The van der Waals surface area contributed by atoms with E-state index in [0.717, 1.165) is 6.54 Å². The maximum atomic E-state index is 2.25. The molecule has 1 heterocycles. The van der Waals surface area contributed by atoms with Crippen molar-refractivity contribution in [3.8, 4) is 0 Å². The van der Waals surface area contributed by atoms with Gasteiger partial charge in [-0.2, -0.15) is 4.57 Å². The third kappa shape index (κ3) is 2.48. The Bertz CT molecular complexity index is 184. The van der Waals surface area contributed by atoms with E-state index < -0.39 is 0 Å². The van der Waals surface area contributed by atoms with Crippen molar-refractivity contribution in [1.82, 2.24) is 0 Å². The standard InChI is InChI=1S/C8H14NS/c1-8(2,3)6-9-4-5-10-7-9/h4-5,7H,6H2,1-3H3/q+1. The van der Waals surface area contributed by atoms with Crippen LogP contribution in [-0.2, 0) is 6.54 Å². The molecule has 1 nitrogen and oxygen atoms in total. The average molecular weight is 156 g/mol. The molecule has 0 aromatic carbocycles. The van der Waals surface area contributed by atoms with Crippen molar-refractivity contribution in [2.45, 2.75) is 27.3 Å². The van der Waals surface area contributed by atoms with Gasteiger partial charge >= 0.3 is 0 Å². The second-order valence-electron chi connectivity index (χ2n) is 3.76. The van der Waals surface area contributed by atoms with E-state index >= 15 is 0 Å². The third-order valence-electron chi connectivity index (χ3n) is 1.18. The molecule has 0 saturated carbocycles. The molecule has 0 aliphatic rings. The molecule has 0 N–H and O–H groups in total. The van der Waals surface area contributed by atoms with Crippen molar-refractivity contribution in [1.29, 1.82) is 0 Å². The van der Waals surface area contributed by atoms with Crippen LogP contribution < -0.4 is 4.57 Å². The van der Waals surface area contributed by atoms with Gasteiger partial charge in [0.15, 0.2) is 12.7 Å². The van der Waals surface area contributed by atoms with E-state index in [4.69, 9.17) is 0 Å². The topological polar surface area (TPSA) is 3.88 Å². The van der Waals surface area contributed by atoms with Gasteiger partial charge in [0.2, 0.25) is 5.51 Å². The number of hydrogen-bond donors (Lipinski definition) is 0. The maximum absolute atomic E-state index is 2.25. The van der Waals surface area contributed by atoms with Crippen LogP contribution in [0.1, 0.15) is 20.8 Å². The van der Waals surface area contributed by atoms with Crippen molar-refractivity contribution >= 4 is 11.3 Å². The number of nitrogens with zero attached hydrogens (tertiary/aromatic N) is 1. The Kier molecular flexibility index (Phi) is 2.09. The first-order valence-corrected chi connectivity index (χ1v) is 4.43. The summed E-state index contributed by atoms with van der Waals surface area (Å²) in [7, 11) is 0. The predicted octanol–water partition coefficient (Wildman–Crippen LogP) is 2.08. The van der Waals surface area contributed by atoms with E-state index in [0.29, 0.717) is 5.41 Å². The zero-order chi connectivity index (χ0) is 7.61. The molecule has 0 spiro atoms. The van der Waals surface area contributed by atoms with E-state index in [2.05, 4.69) is 42.4 Å². The highest BCUT2D eigenvalue weighted by molar-refractivity contribution is 7.07. The summed E-state index contributed by atoms with van der Waals surface area (Å²) in [6.07, 6.45) is 2.12. The normalized spacial score (nSPS) is 11.9. The average Bonchev–Trinajstić information content (AvgIpc) is 2.12. The number of hydrogen-bond acceptors (Lipinski definition) is 1. The first kappa shape index (κ1) is 7.73. The molecule has 0 atom stereocenters. The Morgan fingerprint density at radius 3 is 2.50 bits per heavy atom. The van der Waals surface area contributed by atoms with E-state index in [1.54, 1.807) is 11.3 Å². The second kappa shape index (κ2) is 2.70. The summed E-state index contributed by atoms with van der Waals surface area (Å²) < 4.78 is 2.23. The van der Waals surface area contributed by atoms with E-state index in [1.165, 1.54) is 0 Å². The SMILES string of the molecule is CC(C)(C)C[n+]1ccsc1. The summed E-state index contributed by atoms with van der Waals surface area (Å²) >= 11 is 1.74. The first-order valence-electron chi connectivity index (χ1n) is 3.49. The zero-order valence-corrected chi connectivity index (χ0v) is 7.61. The molecule has 0 aliphatic heterocycles. The Labute approximate surface area is 66.3 Å². The molecule has 0 aliphatic carbocycles. The monoisotopic (exact) mass is 156 g/mol. The summed E-state index contributed by atoms with van der Waals surface area (Å²) in [6.45, 7) is 7.85. The lowest BCUT2D eigenvalue weighted by molar-refractivity contribution is -0.703. The fourth-order valence-corrected chi connectivity index (χ4v) is 1.50. The Morgan fingerprint density at radius 1 is 1.40 bits per heavy atom. The van der Waals surface area contributed by atoms with E-state index in [-0.39, 0.29) is 0 Å². The molecule has 0 bridgehead atoms.